The Labute approximate surface area is 216 Å². The van der Waals surface area contributed by atoms with Gasteiger partial charge in [0.2, 0.25) is 0 Å². The molecule has 0 aliphatic carbocycles. The molecule has 1 atom stereocenters. The van der Waals surface area contributed by atoms with Crippen LogP contribution in [0.15, 0.2) is 72.8 Å². The Kier molecular flexibility index (Phi) is 7.19. The number of halogens is 3. The number of fused-ring (bicyclic) bond motifs is 1. The molecule has 1 aromatic heterocycles. The molecule has 0 spiro atoms. The number of methoxy groups -OCH3 is 1. The number of carbonyl (C=O) groups is 2. The Hall–Kier alpha value is -4.31. The summed E-state index contributed by atoms with van der Waals surface area (Å²) in [6.07, 6.45) is -5.44. The van der Waals surface area contributed by atoms with Crippen molar-refractivity contribution in [2.24, 2.45) is 7.05 Å². The zero-order valence-electron chi connectivity index (χ0n) is 20.8. The number of nitrogens with one attached hydrogen (secondary N) is 1. The Morgan fingerprint density at radius 3 is 2.29 bits per heavy atom. The van der Waals surface area contributed by atoms with E-state index >= 15 is 0 Å². The van der Waals surface area contributed by atoms with Crippen LogP contribution >= 0.6 is 0 Å². The molecular weight excluding hydrogens is 501 g/mol. The molecule has 198 valence electrons. The van der Waals surface area contributed by atoms with Gasteiger partial charge in [-0.1, -0.05) is 36.4 Å². The first-order chi connectivity index (χ1) is 18.0. The smallest absolute Gasteiger partial charge is 0.434 e. The highest BCUT2D eigenvalue weighted by Crippen LogP contribution is 2.49. The molecular formula is C28H25F3N2O5. The molecule has 1 unspecified atom stereocenters. The molecule has 38 heavy (non-hydrogen) atoms. The van der Waals surface area contributed by atoms with Crippen molar-refractivity contribution in [3.63, 3.8) is 0 Å². The molecule has 0 bridgehead atoms. The maximum atomic E-state index is 14.6. The third-order valence-corrected chi connectivity index (χ3v) is 6.21. The van der Waals surface area contributed by atoms with Crippen LogP contribution in [0, 0.1) is 0 Å². The first-order valence-electron chi connectivity index (χ1n) is 11.6. The van der Waals surface area contributed by atoms with E-state index in [9.17, 15) is 27.9 Å². The molecule has 7 nitrogen and oxygen atoms in total. The van der Waals surface area contributed by atoms with Gasteiger partial charge in [-0.3, -0.25) is 4.79 Å². The van der Waals surface area contributed by atoms with Crippen molar-refractivity contribution >= 4 is 28.5 Å². The van der Waals surface area contributed by atoms with Gasteiger partial charge >= 0.3 is 12.1 Å². The number of alkyl halides is 3. The number of benzene rings is 3. The number of rotatable bonds is 7. The summed E-state index contributed by atoms with van der Waals surface area (Å²) in [7, 11) is 2.72. The Morgan fingerprint density at radius 1 is 1.00 bits per heavy atom. The van der Waals surface area contributed by atoms with E-state index in [0.29, 0.717) is 11.3 Å². The van der Waals surface area contributed by atoms with Crippen LogP contribution in [0.3, 0.4) is 0 Å². The van der Waals surface area contributed by atoms with E-state index in [2.05, 4.69) is 5.32 Å². The molecule has 0 radical (unpaired) electrons. The van der Waals surface area contributed by atoms with Crippen LogP contribution in [0.5, 0.6) is 5.75 Å². The second-order valence-electron chi connectivity index (χ2n) is 8.46. The third-order valence-electron chi connectivity index (χ3n) is 6.21. The fourth-order valence-electron chi connectivity index (χ4n) is 4.42. The van der Waals surface area contributed by atoms with Crippen LogP contribution in [0.4, 0.5) is 18.9 Å². The summed E-state index contributed by atoms with van der Waals surface area (Å²) < 4.78 is 54.9. The van der Waals surface area contributed by atoms with Gasteiger partial charge in [0, 0.05) is 40.3 Å². The fourth-order valence-corrected chi connectivity index (χ4v) is 4.42. The largest absolute Gasteiger partial charge is 0.497 e. The van der Waals surface area contributed by atoms with Gasteiger partial charge in [-0.15, -0.1) is 0 Å². The zero-order valence-corrected chi connectivity index (χ0v) is 20.8. The van der Waals surface area contributed by atoms with Crippen molar-refractivity contribution in [1.82, 2.24) is 4.57 Å². The fraction of sp³-hybridized carbons (Fsp3) is 0.214. The van der Waals surface area contributed by atoms with Crippen molar-refractivity contribution in [2.75, 3.05) is 19.0 Å². The highest BCUT2D eigenvalue weighted by Gasteiger charge is 2.64. The number of para-hydroxylation sites is 1. The summed E-state index contributed by atoms with van der Waals surface area (Å²) in [6, 6.07) is 19.1. The maximum Gasteiger partial charge on any atom is 0.434 e. The predicted octanol–water partition coefficient (Wildman–Crippen LogP) is 5.42. The van der Waals surface area contributed by atoms with Crippen molar-refractivity contribution in [3.8, 4) is 16.9 Å². The van der Waals surface area contributed by atoms with Gasteiger partial charge in [0.05, 0.1) is 19.4 Å². The minimum Gasteiger partial charge on any atom is -0.497 e. The van der Waals surface area contributed by atoms with Crippen LogP contribution in [0.25, 0.3) is 22.0 Å². The number of aryl methyl sites for hydroxylation is 1. The van der Waals surface area contributed by atoms with Crippen LogP contribution < -0.4 is 10.1 Å². The number of hydrogen-bond acceptors (Lipinski definition) is 5. The van der Waals surface area contributed by atoms with Gasteiger partial charge in [0.25, 0.3) is 11.5 Å². The Balaban J connectivity index is 2.06. The molecule has 4 rings (SSSR count). The Bertz CT molecular complexity index is 1500. The lowest BCUT2D eigenvalue weighted by Gasteiger charge is -2.30. The van der Waals surface area contributed by atoms with E-state index in [1.807, 2.05) is 0 Å². The number of nitrogens with zero attached hydrogens (tertiary/aromatic N) is 1. The summed E-state index contributed by atoms with van der Waals surface area (Å²) in [5.74, 6) is -2.01. The number of aromatic nitrogens is 1. The first-order valence-corrected chi connectivity index (χ1v) is 11.6. The van der Waals surface area contributed by atoms with Crippen molar-refractivity contribution in [1.29, 1.82) is 0 Å². The molecule has 0 saturated heterocycles. The molecule has 0 fully saturated rings. The number of anilines is 1. The highest BCUT2D eigenvalue weighted by atomic mass is 19.4. The van der Waals surface area contributed by atoms with Crippen LogP contribution in [-0.2, 0) is 22.2 Å². The number of carbonyl (C=O) groups excluding carboxylic acids is 2. The molecule has 0 aliphatic rings. The minimum absolute atomic E-state index is 0.113. The lowest BCUT2D eigenvalue weighted by molar-refractivity contribution is -0.269. The average Bonchev–Trinajstić information content (AvgIpc) is 3.19. The lowest BCUT2D eigenvalue weighted by atomic mass is 9.90. The molecule has 4 aromatic rings. The summed E-state index contributed by atoms with van der Waals surface area (Å²) in [6.45, 7) is 0.963. The number of esters is 1. The number of aliphatic hydroxyl groups is 1. The second kappa shape index (κ2) is 10.2. The van der Waals surface area contributed by atoms with E-state index in [-0.39, 0.29) is 34.3 Å². The SMILES string of the molecule is CCOC(=O)C(O)(c1c(-c2ccccc2NC(=O)c2ccccc2)c2cc(OC)ccc2n1C)C(F)(F)F. The summed E-state index contributed by atoms with van der Waals surface area (Å²) in [5, 5.41) is 14.2. The molecule has 0 aliphatic heterocycles. The van der Waals surface area contributed by atoms with Gasteiger partial charge in [-0.05, 0) is 43.3 Å². The van der Waals surface area contributed by atoms with E-state index in [4.69, 9.17) is 9.47 Å². The van der Waals surface area contributed by atoms with Gasteiger partial charge in [0.1, 0.15) is 5.75 Å². The molecule has 1 heterocycles. The lowest BCUT2D eigenvalue weighted by Crippen LogP contribution is -2.51. The standard InChI is InChI=1S/C28H25F3N2O5/c1-4-38-26(35)27(36,28(29,30)31)24-23(20-16-18(37-3)14-15-22(20)33(24)2)19-12-8-9-13-21(19)32-25(34)17-10-6-5-7-11-17/h5-16,36H,4H2,1-3H3,(H,32,34). The average molecular weight is 527 g/mol. The van der Waals surface area contributed by atoms with Crippen LogP contribution in [0.1, 0.15) is 23.0 Å². The zero-order chi connectivity index (χ0) is 27.7. The predicted molar refractivity (Wildman–Crippen MR) is 136 cm³/mol. The van der Waals surface area contributed by atoms with E-state index in [0.717, 1.165) is 4.57 Å². The molecule has 3 aromatic carbocycles. The van der Waals surface area contributed by atoms with Gasteiger partial charge in [-0.2, -0.15) is 13.2 Å². The number of ether oxygens (including phenoxy) is 2. The monoisotopic (exact) mass is 526 g/mol. The van der Waals surface area contributed by atoms with E-state index in [1.54, 1.807) is 48.5 Å². The molecule has 2 N–H and O–H groups in total. The number of hydrogen-bond donors (Lipinski definition) is 2. The summed E-state index contributed by atoms with van der Waals surface area (Å²) >= 11 is 0. The van der Waals surface area contributed by atoms with E-state index in [1.165, 1.54) is 45.3 Å². The van der Waals surface area contributed by atoms with Crippen LogP contribution in [-0.4, -0.2) is 41.4 Å². The van der Waals surface area contributed by atoms with Gasteiger partial charge in [-0.25, -0.2) is 4.79 Å². The van der Waals surface area contributed by atoms with Crippen molar-refractivity contribution in [2.45, 2.75) is 18.7 Å². The normalized spacial score (nSPS) is 13.1. The minimum atomic E-state index is -5.44. The maximum absolute atomic E-state index is 14.6. The van der Waals surface area contributed by atoms with Gasteiger partial charge < -0.3 is 24.5 Å². The first kappa shape index (κ1) is 26.7. The topological polar surface area (TPSA) is 89.8 Å². The highest BCUT2D eigenvalue weighted by molar-refractivity contribution is 6.09. The molecule has 1 amide bonds. The Morgan fingerprint density at radius 2 is 1.66 bits per heavy atom. The van der Waals surface area contributed by atoms with Crippen molar-refractivity contribution in [3.05, 3.63) is 84.1 Å². The van der Waals surface area contributed by atoms with Crippen molar-refractivity contribution < 1.29 is 37.3 Å². The molecule has 10 heteroatoms. The van der Waals surface area contributed by atoms with Gasteiger partial charge in [0.15, 0.2) is 0 Å². The van der Waals surface area contributed by atoms with Crippen LogP contribution in [0.2, 0.25) is 0 Å². The third kappa shape index (κ3) is 4.47. The summed E-state index contributed by atoms with van der Waals surface area (Å²) in [5.41, 5.74) is -3.95. The summed E-state index contributed by atoms with van der Waals surface area (Å²) in [4.78, 5) is 25.8. The molecule has 0 saturated carbocycles. The quantitative estimate of drug-likeness (QED) is 0.314. The van der Waals surface area contributed by atoms with E-state index < -0.39 is 29.3 Å². The second-order valence-corrected chi connectivity index (χ2v) is 8.46. The number of amides is 1.